The summed E-state index contributed by atoms with van der Waals surface area (Å²) in [5.41, 5.74) is 0. The minimum Gasteiger partial charge on any atom is -0.394 e. The predicted molar refractivity (Wildman–Crippen MR) is 286 cm³/mol. The van der Waals surface area contributed by atoms with E-state index in [1.807, 2.05) is 6.08 Å². The van der Waals surface area contributed by atoms with Gasteiger partial charge in [-0.15, -0.1) is 0 Å². The molecule has 0 aromatic carbocycles. The maximum absolute atomic E-state index is 12.5. The predicted octanol–water partition coefficient (Wildman–Crippen LogP) is 19.7. The molecule has 1 amide bonds. The summed E-state index contributed by atoms with van der Waals surface area (Å²) < 4.78 is 0. The Labute approximate surface area is 403 Å². The number of carbonyl (C=O) groups is 1. The van der Waals surface area contributed by atoms with Crippen LogP contribution in [0.2, 0.25) is 0 Å². The topological polar surface area (TPSA) is 69.6 Å². The van der Waals surface area contributed by atoms with E-state index in [0.29, 0.717) is 6.42 Å². The molecule has 382 valence electrons. The fourth-order valence-electron chi connectivity index (χ4n) is 9.71. The molecule has 2 atom stereocenters. The lowest BCUT2D eigenvalue weighted by molar-refractivity contribution is -0.123. The summed E-state index contributed by atoms with van der Waals surface area (Å²) in [6.07, 6.45) is 74.1. The molecule has 2 unspecified atom stereocenters. The van der Waals surface area contributed by atoms with Crippen molar-refractivity contribution in [3.63, 3.8) is 0 Å². The minimum atomic E-state index is -0.835. The van der Waals surface area contributed by atoms with Crippen LogP contribution in [0.5, 0.6) is 0 Å². The van der Waals surface area contributed by atoms with Crippen LogP contribution in [0.15, 0.2) is 12.2 Å². The highest BCUT2D eigenvalue weighted by Crippen LogP contribution is 2.18. The second kappa shape index (κ2) is 56.5. The van der Waals surface area contributed by atoms with Gasteiger partial charge in [0.2, 0.25) is 5.91 Å². The highest BCUT2D eigenvalue weighted by Gasteiger charge is 2.18. The average molecular weight is 903 g/mol. The first kappa shape index (κ1) is 63.1. The van der Waals surface area contributed by atoms with Gasteiger partial charge in [0, 0.05) is 6.42 Å². The standard InChI is InChI=1S/C60H119NO3/c1-3-5-7-9-11-13-15-17-19-20-21-22-23-24-25-26-27-28-29-30-31-32-33-34-35-36-37-38-39-40-42-44-46-48-50-52-54-56-60(64)61-58(57-62)59(63)55-53-51-49-47-45-43-41-18-16-14-12-10-8-6-4-2/h53,55,58-59,62-63H,3-52,54,56-57H2,1-2H3,(H,61,64)/b55-53+. The number of carbonyl (C=O) groups excluding carboxylic acids is 1. The summed E-state index contributed by atoms with van der Waals surface area (Å²) in [5, 5.41) is 23.1. The normalized spacial score (nSPS) is 12.8. The number of aliphatic hydroxyl groups is 2. The third kappa shape index (κ3) is 52.1. The molecule has 4 nitrogen and oxygen atoms in total. The van der Waals surface area contributed by atoms with Gasteiger partial charge in [-0.2, -0.15) is 0 Å². The van der Waals surface area contributed by atoms with Crippen LogP contribution in [0, 0.1) is 0 Å². The van der Waals surface area contributed by atoms with Crippen molar-refractivity contribution in [2.24, 2.45) is 0 Å². The van der Waals surface area contributed by atoms with Gasteiger partial charge in [0.25, 0.3) is 0 Å². The Bertz CT molecular complexity index is 890. The molecule has 0 saturated heterocycles. The fourth-order valence-corrected chi connectivity index (χ4v) is 9.71. The van der Waals surface area contributed by atoms with E-state index >= 15 is 0 Å². The zero-order valence-corrected chi connectivity index (χ0v) is 44.1. The summed E-state index contributed by atoms with van der Waals surface area (Å²) in [4.78, 5) is 12.5. The van der Waals surface area contributed by atoms with Crippen molar-refractivity contribution in [2.45, 2.75) is 360 Å². The first-order valence-corrected chi connectivity index (χ1v) is 29.9. The van der Waals surface area contributed by atoms with Crippen LogP contribution in [-0.4, -0.2) is 34.9 Å². The Hall–Kier alpha value is -0.870. The molecule has 0 bridgehead atoms. The van der Waals surface area contributed by atoms with E-state index in [2.05, 4.69) is 19.2 Å². The number of hydrogen-bond acceptors (Lipinski definition) is 3. The van der Waals surface area contributed by atoms with Crippen LogP contribution in [0.3, 0.4) is 0 Å². The second-order valence-electron chi connectivity index (χ2n) is 20.8. The molecular formula is C60H119NO3. The van der Waals surface area contributed by atoms with E-state index in [0.717, 1.165) is 25.7 Å². The van der Waals surface area contributed by atoms with Crippen LogP contribution in [0.1, 0.15) is 348 Å². The smallest absolute Gasteiger partial charge is 0.220 e. The molecule has 0 aliphatic carbocycles. The van der Waals surface area contributed by atoms with Gasteiger partial charge in [0.05, 0.1) is 18.8 Å². The van der Waals surface area contributed by atoms with Crippen molar-refractivity contribution < 1.29 is 15.0 Å². The van der Waals surface area contributed by atoms with Crippen molar-refractivity contribution in [1.82, 2.24) is 5.32 Å². The van der Waals surface area contributed by atoms with E-state index < -0.39 is 12.1 Å². The molecule has 0 heterocycles. The van der Waals surface area contributed by atoms with Gasteiger partial charge in [0.15, 0.2) is 0 Å². The quantitative estimate of drug-likeness (QED) is 0.0421. The number of nitrogens with one attached hydrogen (secondary N) is 1. The van der Waals surface area contributed by atoms with Gasteiger partial charge in [0.1, 0.15) is 0 Å². The Morgan fingerprint density at radius 2 is 0.578 bits per heavy atom. The van der Waals surface area contributed by atoms with E-state index in [4.69, 9.17) is 0 Å². The van der Waals surface area contributed by atoms with Crippen molar-refractivity contribution in [3.8, 4) is 0 Å². The first-order chi connectivity index (χ1) is 31.7. The van der Waals surface area contributed by atoms with Crippen LogP contribution in [0.25, 0.3) is 0 Å². The molecule has 0 aromatic heterocycles. The third-order valence-electron chi connectivity index (χ3n) is 14.3. The van der Waals surface area contributed by atoms with Gasteiger partial charge >= 0.3 is 0 Å². The highest BCUT2D eigenvalue weighted by atomic mass is 16.3. The Morgan fingerprint density at radius 3 is 0.812 bits per heavy atom. The van der Waals surface area contributed by atoms with Crippen LogP contribution in [-0.2, 0) is 4.79 Å². The number of rotatable bonds is 56. The van der Waals surface area contributed by atoms with E-state index in [-0.39, 0.29) is 12.5 Å². The van der Waals surface area contributed by atoms with Gasteiger partial charge < -0.3 is 15.5 Å². The largest absolute Gasteiger partial charge is 0.394 e. The number of hydrogen-bond donors (Lipinski definition) is 3. The van der Waals surface area contributed by atoms with E-state index in [1.54, 1.807) is 6.08 Å². The monoisotopic (exact) mass is 902 g/mol. The van der Waals surface area contributed by atoms with Gasteiger partial charge in [-0.1, -0.05) is 334 Å². The molecule has 0 rings (SSSR count). The molecule has 0 aromatic rings. The number of aliphatic hydroxyl groups excluding tert-OH is 2. The van der Waals surface area contributed by atoms with Crippen LogP contribution >= 0.6 is 0 Å². The number of unbranched alkanes of at least 4 members (excludes halogenated alkanes) is 49. The number of allylic oxidation sites excluding steroid dienone is 1. The lowest BCUT2D eigenvalue weighted by Crippen LogP contribution is -2.45. The average Bonchev–Trinajstić information content (AvgIpc) is 3.30. The van der Waals surface area contributed by atoms with E-state index in [1.165, 1.54) is 302 Å². The summed E-state index contributed by atoms with van der Waals surface area (Å²) in [7, 11) is 0. The lowest BCUT2D eigenvalue weighted by atomic mass is 10.0. The zero-order chi connectivity index (χ0) is 46.3. The first-order valence-electron chi connectivity index (χ1n) is 29.9. The van der Waals surface area contributed by atoms with Crippen molar-refractivity contribution in [2.75, 3.05) is 6.61 Å². The van der Waals surface area contributed by atoms with Gasteiger partial charge in [-0.25, -0.2) is 0 Å². The molecule has 0 aliphatic heterocycles. The zero-order valence-electron chi connectivity index (χ0n) is 44.1. The molecule has 0 saturated carbocycles. The Morgan fingerprint density at radius 1 is 0.359 bits per heavy atom. The molecule has 0 spiro atoms. The maximum atomic E-state index is 12.5. The van der Waals surface area contributed by atoms with Crippen LogP contribution < -0.4 is 5.32 Å². The molecule has 3 N–H and O–H groups in total. The van der Waals surface area contributed by atoms with Crippen LogP contribution in [0.4, 0.5) is 0 Å². The van der Waals surface area contributed by atoms with E-state index in [9.17, 15) is 15.0 Å². The molecule has 0 radical (unpaired) electrons. The second-order valence-corrected chi connectivity index (χ2v) is 20.8. The summed E-state index contributed by atoms with van der Waals surface area (Å²) in [6.45, 7) is 4.35. The molecule has 0 fully saturated rings. The van der Waals surface area contributed by atoms with Crippen molar-refractivity contribution >= 4 is 5.91 Å². The Balaban J connectivity index is 3.35. The fraction of sp³-hybridized carbons (Fsp3) is 0.950. The molecule has 4 heteroatoms. The van der Waals surface area contributed by atoms with Gasteiger partial charge in [-0.3, -0.25) is 4.79 Å². The lowest BCUT2D eigenvalue weighted by Gasteiger charge is -2.20. The minimum absolute atomic E-state index is 0.0562. The molecule has 0 aliphatic rings. The van der Waals surface area contributed by atoms with Gasteiger partial charge in [-0.05, 0) is 19.3 Å². The Kier molecular flexibility index (Phi) is 55.7. The molecule has 64 heavy (non-hydrogen) atoms. The highest BCUT2D eigenvalue weighted by molar-refractivity contribution is 5.76. The summed E-state index contributed by atoms with van der Waals surface area (Å²) >= 11 is 0. The number of amides is 1. The summed E-state index contributed by atoms with van der Waals surface area (Å²) in [6, 6.07) is -0.617. The summed E-state index contributed by atoms with van der Waals surface area (Å²) in [5.74, 6) is -0.0562. The maximum Gasteiger partial charge on any atom is 0.220 e. The molecular weight excluding hydrogens is 783 g/mol. The third-order valence-corrected chi connectivity index (χ3v) is 14.3. The SMILES string of the molecule is CCCCCCCCCCCCCCC/C=C/C(O)C(CO)NC(=O)CCCCCCCCCCCCCCCCCCCCCCCCCCCCCCCCCCCCCCC. The van der Waals surface area contributed by atoms with Crippen molar-refractivity contribution in [3.05, 3.63) is 12.2 Å². The van der Waals surface area contributed by atoms with Crippen molar-refractivity contribution in [1.29, 1.82) is 0 Å².